The molecular weight excluding hydrogens is 368 g/mol. The van der Waals surface area contributed by atoms with E-state index in [4.69, 9.17) is 5.73 Å². The Hall–Kier alpha value is -2.45. The van der Waals surface area contributed by atoms with Crippen molar-refractivity contribution in [2.24, 2.45) is 5.73 Å². The topological polar surface area (TPSA) is 117 Å². The van der Waals surface area contributed by atoms with Crippen LogP contribution in [0.15, 0.2) is 24.3 Å². The Labute approximate surface area is 164 Å². The predicted octanol–water partition coefficient (Wildman–Crippen LogP) is 2.08. The van der Waals surface area contributed by atoms with Gasteiger partial charge in [0.15, 0.2) is 5.82 Å². The van der Waals surface area contributed by atoms with E-state index >= 15 is 0 Å². The van der Waals surface area contributed by atoms with E-state index in [-0.39, 0.29) is 24.2 Å². The lowest BCUT2D eigenvalue weighted by molar-refractivity contribution is -0.140. The van der Waals surface area contributed by atoms with Gasteiger partial charge >= 0.3 is 0 Å². The Bertz CT molecular complexity index is 776. The van der Waals surface area contributed by atoms with Crippen molar-refractivity contribution in [3.8, 4) is 11.4 Å². The Morgan fingerprint density at radius 2 is 2.04 bits per heavy atom. The van der Waals surface area contributed by atoms with Gasteiger partial charge < -0.3 is 16.0 Å². The number of likely N-dealkylation sites (tertiary alicyclic amines) is 1. The Morgan fingerprint density at radius 3 is 2.67 bits per heavy atom. The molecule has 1 aliphatic rings. The van der Waals surface area contributed by atoms with Crippen molar-refractivity contribution in [3.63, 3.8) is 0 Å². The molecular formula is C18H25ClN6O2. The molecule has 146 valence electrons. The highest BCUT2D eigenvalue weighted by Gasteiger charge is 2.31. The zero-order valence-electron chi connectivity index (χ0n) is 15.3. The minimum atomic E-state index is -0.393. The van der Waals surface area contributed by atoms with E-state index in [1.165, 1.54) is 0 Å². The third kappa shape index (κ3) is 4.84. The highest BCUT2D eigenvalue weighted by molar-refractivity contribution is 5.97. The van der Waals surface area contributed by atoms with Gasteiger partial charge in [0.05, 0.1) is 6.54 Å². The molecule has 0 radical (unpaired) electrons. The molecule has 2 amide bonds. The summed E-state index contributed by atoms with van der Waals surface area (Å²) in [6.07, 6.45) is 3.03. The van der Waals surface area contributed by atoms with E-state index in [1.54, 1.807) is 17.0 Å². The van der Waals surface area contributed by atoms with Crippen molar-refractivity contribution in [1.29, 1.82) is 0 Å². The van der Waals surface area contributed by atoms with Gasteiger partial charge in [-0.25, -0.2) is 4.98 Å². The van der Waals surface area contributed by atoms with Crippen molar-refractivity contribution in [2.45, 2.75) is 45.2 Å². The molecule has 1 saturated heterocycles. The van der Waals surface area contributed by atoms with Gasteiger partial charge in [-0.3, -0.25) is 14.7 Å². The molecule has 1 fully saturated rings. The van der Waals surface area contributed by atoms with E-state index < -0.39 is 6.04 Å². The summed E-state index contributed by atoms with van der Waals surface area (Å²) in [5.74, 6) is 1.08. The molecule has 1 atom stereocenters. The second-order valence-electron chi connectivity index (χ2n) is 6.33. The number of carbonyl (C=O) groups excluding carboxylic acids is 2. The van der Waals surface area contributed by atoms with E-state index in [1.807, 2.05) is 19.1 Å². The van der Waals surface area contributed by atoms with Gasteiger partial charge in [-0.1, -0.05) is 6.92 Å². The number of hydrogen-bond acceptors (Lipinski definition) is 5. The van der Waals surface area contributed by atoms with Gasteiger partial charge in [-0.2, -0.15) is 5.10 Å². The number of amides is 2. The van der Waals surface area contributed by atoms with Crippen LogP contribution in [0.2, 0.25) is 0 Å². The summed E-state index contributed by atoms with van der Waals surface area (Å²) >= 11 is 0. The average Bonchev–Trinajstić information content (AvgIpc) is 3.17. The number of anilines is 1. The molecule has 8 nitrogen and oxygen atoms in total. The predicted molar refractivity (Wildman–Crippen MR) is 105 cm³/mol. The number of piperidine rings is 1. The zero-order valence-corrected chi connectivity index (χ0v) is 16.1. The zero-order chi connectivity index (χ0) is 18.5. The third-order valence-corrected chi connectivity index (χ3v) is 4.56. The Kier molecular flexibility index (Phi) is 7.32. The maximum atomic E-state index is 12.6. The summed E-state index contributed by atoms with van der Waals surface area (Å²) in [6.45, 7) is 2.78. The number of nitrogens with one attached hydrogen (secondary N) is 2. The second kappa shape index (κ2) is 9.48. The maximum absolute atomic E-state index is 12.6. The lowest BCUT2D eigenvalue weighted by Gasteiger charge is -2.34. The number of nitrogens with two attached hydrogens (primary N) is 1. The molecule has 2 aromatic rings. The quantitative estimate of drug-likeness (QED) is 0.720. The van der Waals surface area contributed by atoms with Crippen molar-refractivity contribution < 1.29 is 9.59 Å². The molecule has 0 aliphatic carbocycles. The number of aromatic amines is 1. The monoisotopic (exact) mass is 392 g/mol. The van der Waals surface area contributed by atoms with E-state index in [0.29, 0.717) is 43.3 Å². The van der Waals surface area contributed by atoms with Crippen LogP contribution in [0.4, 0.5) is 5.69 Å². The Balaban J connectivity index is 0.00000261. The first kappa shape index (κ1) is 20.9. The van der Waals surface area contributed by atoms with Gasteiger partial charge in [0.1, 0.15) is 11.9 Å². The summed E-state index contributed by atoms with van der Waals surface area (Å²) in [7, 11) is 0. The molecule has 3 rings (SSSR count). The van der Waals surface area contributed by atoms with Crippen LogP contribution in [0.1, 0.15) is 38.4 Å². The van der Waals surface area contributed by atoms with Crippen molar-refractivity contribution in [2.75, 3.05) is 11.9 Å². The van der Waals surface area contributed by atoms with Crippen molar-refractivity contribution >= 4 is 29.9 Å². The summed E-state index contributed by atoms with van der Waals surface area (Å²) in [5, 5.41) is 9.80. The number of benzene rings is 1. The summed E-state index contributed by atoms with van der Waals surface area (Å²) < 4.78 is 0. The van der Waals surface area contributed by atoms with Crippen molar-refractivity contribution in [1.82, 2.24) is 20.1 Å². The lowest BCUT2D eigenvalue weighted by Crippen LogP contribution is -2.49. The lowest BCUT2D eigenvalue weighted by atomic mass is 10.0. The average molecular weight is 393 g/mol. The largest absolute Gasteiger partial charge is 0.331 e. The highest BCUT2D eigenvalue weighted by atomic mass is 35.5. The second-order valence-corrected chi connectivity index (χ2v) is 6.33. The molecule has 4 N–H and O–H groups in total. The smallest absolute Gasteiger partial charge is 0.247 e. The fraction of sp³-hybridized carbons (Fsp3) is 0.444. The van der Waals surface area contributed by atoms with E-state index in [9.17, 15) is 9.59 Å². The number of carbonyl (C=O) groups is 2. The number of nitrogens with zero attached hydrogens (tertiary/aromatic N) is 3. The summed E-state index contributed by atoms with van der Waals surface area (Å²) in [6, 6.07) is 6.90. The SMILES string of the molecule is CCC(=O)N1CCCCC1C(=O)Nc1ccc(-c2n[nH]c(CN)n2)cc1.Cl. The maximum Gasteiger partial charge on any atom is 0.247 e. The third-order valence-electron chi connectivity index (χ3n) is 4.56. The standard InChI is InChI=1S/C18H24N6O2.ClH/c1-2-16(25)24-10-4-3-5-14(24)18(26)20-13-8-6-12(7-9-13)17-21-15(11-19)22-23-17;/h6-9,14H,2-5,10-11,19H2,1H3,(H,20,26)(H,21,22,23);1H. The van der Waals surface area contributed by atoms with Crippen LogP contribution < -0.4 is 11.1 Å². The molecule has 9 heteroatoms. The number of hydrogen-bond donors (Lipinski definition) is 3. The van der Waals surface area contributed by atoms with Crippen LogP contribution in [-0.4, -0.2) is 44.5 Å². The van der Waals surface area contributed by atoms with Crippen LogP contribution in [0.25, 0.3) is 11.4 Å². The Morgan fingerprint density at radius 1 is 1.30 bits per heavy atom. The van der Waals surface area contributed by atoms with Gasteiger partial charge in [0.25, 0.3) is 0 Å². The molecule has 2 heterocycles. The minimum Gasteiger partial charge on any atom is -0.331 e. The van der Waals surface area contributed by atoms with Gasteiger partial charge in [0.2, 0.25) is 11.8 Å². The van der Waals surface area contributed by atoms with E-state index in [2.05, 4.69) is 20.5 Å². The molecule has 1 aromatic carbocycles. The van der Waals surface area contributed by atoms with Crippen LogP contribution in [-0.2, 0) is 16.1 Å². The van der Waals surface area contributed by atoms with E-state index in [0.717, 1.165) is 18.4 Å². The minimum absolute atomic E-state index is 0. The van der Waals surface area contributed by atoms with Gasteiger partial charge in [-0.15, -0.1) is 12.4 Å². The summed E-state index contributed by atoms with van der Waals surface area (Å²) in [5.41, 5.74) is 7.04. The van der Waals surface area contributed by atoms with Crippen LogP contribution in [0.5, 0.6) is 0 Å². The molecule has 0 spiro atoms. The van der Waals surface area contributed by atoms with Gasteiger partial charge in [0, 0.05) is 24.2 Å². The van der Waals surface area contributed by atoms with Crippen LogP contribution >= 0.6 is 12.4 Å². The van der Waals surface area contributed by atoms with Gasteiger partial charge in [-0.05, 0) is 43.5 Å². The number of halogens is 1. The molecule has 1 aliphatic heterocycles. The van der Waals surface area contributed by atoms with Crippen LogP contribution in [0, 0.1) is 0 Å². The first-order valence-electron chi connectivity index (χ1n) is 8.94. The molecule has 1 aromatic heterocycles. The number of aromatic nitrogens is 3. The molecule has 27 heavy (non-hydrogen) atoms. The normalized spacial score (nSPS) is 16.5. The molecule has 1 unspecified atom stereocenters. The first-order chi connectivity index (χ1) is 12.6. The fourth-order valence-corrected chi connectivity index (χ4v) is 3.15. The molecule has 0 saturated carbocycles. The highest BCUT2D eigenvalue weighted by Crippen LogP contribution is 2.21. The van der Waals surface area contributed by atoms with Crippen LogP contribution in [0.3, 0.4) is 0 Å². The summed E-state index contributed by atoms with van der Waals surface area (Å²) in [4.78, 5) is 30.7. The fourth-order valence-electron chi connectivity index (χ4n) is 3.15. The number of rotatable bonds is 5. The molecule has 0 bridgehead atoms. The van der Waals surface area contributed by atoms with Crippen molar-refractivity contribution in [3.05, 3.63) is 30.1 Å². The number of H-pyrrole nitrogens is 1. The first-order valence-corrected chi connectivity index (χ1v) is 8.94.